The van der Waals surface area contributed by atoms with Gasteiger partial charge in [-0.05, 0) is 37.5 Å². The Morgan fingerprint density at radius 3 is 0.680 bits per heavy atom. The summed E-state index contributed by atoms with van der Waals surface area (Å²) in [6, 6.07) is 0. The summed E-state index contributed by atoms with van der Waals surface area (Å²) in [7, 11) is -9.92. The van der Waals surface area contributed by atoms with E-state index in [1.165, 1.54) is 244 Å². The summed E-state index contributed by atoms with van der Waals surface area (Å²) in [5.74, 6) is -0.556. The molecule has 17 nitrogen and oxygen atoms in total. The molecule has 0 saturated heterocycles. The molecule has 5 atom stereocenters. The topological polar surface area (TPSA) is 237 Å². The lowest BCUT2D eigenvalue weighted by molar-refractivity contribution is -0.161. The highest BCUT2D eigenvalue weighted by Gasteiger charge is 2.30. The van der Waals surface area contributed by atoms with E-state index in [1.807, 2.05) is 0 Å². The number of hydrogen-bond acceptors (Lipinski definition) is 15. The van der Waals surface area contributed by atoms with Crippen LogP contribution in [0.25, 0.3) is 0 Å². The van der Waals surface area contributed by atoms with Gasteiger partial charge in [-0.3, -0.25) is 37.3 Å². The van der Waals surface area contributed by atoms with Gasteiger partial charge in [0.25, 0.3) is 0 Å². The van der Waals surface area contributed by atoms with Crippen LogP contribution in [0.5, 0.6) is 0 Å². The Labute approximate surface area is 613 Å². The molecular formula is C81H158O17P2. The van der Waals surface area contributed by atoms with Crippen LogP contribution in [0.1, 0.15) is 427 Å². The van der Waals surface area contributed by atoms with Crippen molar-refractivity contribution in [2.75, 3.05) is 39.6 Å². The van der Waals surface area contributed by atoms with E-state index in [9.17, 15) is 43.2 Å². The zero-order valence-electron chi connectivity index (χ0n) is 65.5. The zero-order chi connectivity index (χ0) is 73.5. The summed E-state index contributed by atoms with van der Waals surface area (Å²) in [5.41, 5.74) is 0. The van der Waals surface area contributed by atoms with Gasteiger partial charge in [0.1, 0.15) is 19.3 Å². The van der Waals surface area contributed by atoms with Gasteiger partial charge in [0.2, 0.25) is 0 Å². The lowest BCUT2D eigenvalue weighted by atomic mass is 10.0. The van der Waals surface area contributed by atoms with Gasteiger partial charge in [0.05, 0.1) is 26.4 Å². The van der Waals surface area contributed by atoms with E-state index >= 15 is 0 Å². The summed E-state index contributed by atoms with van der Waals surface area (Å²) in [6.07, 6.45) is 62.3. The molecule has 0 aromatic rings. The van der Waals surface area contributed by atoms with Crippen LogP contribution in [0.15, 0.2) is 0 Å². The van der Waals surface area contributed by atoms with Crippen LogP contribution >= 0.6 is 15.6 Å². The third-order valence-electron chi connectivity index (χ3n) is 19.0. The van der Waals surface area contributed by atoms with Gasteiger partial charge in [-0.15, -0.1) is 0 Å². The highest BCUT2D eigenvalue weighted by molar-refractivity contribution is 7.47. The van der Waals surface area contributed by atoms with E-state index in [2.05, 4.69) is 41.5 Å². The molecule has 594 valence electrons. The van der Waals surface area contributed by atoms with Crippen molar-refractivity contribution >= 4 is 39.5 Å². The van der Waals surface area contributed by atoms with Gasteiger partial charge in [-0.1, -0.05) is 375 Å². The molecule has 0 radical (unpaired) electrons. The molecule has 0 aliphatic rings. The van der Waals surface area contributed by atoms with Crippen molar-refractivity contribution in [3.05, 3.63) is 0 Å². The molecule has 0 rings (SSSR count). The van der Waals surface area contributed by atoms with Crippen molar-refractivity contribution < 1.29 is 80.2 Å². The molecule has 0 spiro atoms. The molecule has 0 aromatic carbocycles. The first kappa shape index (κ1) is 98.1. The predicted molar refractivity (Wildman–Crippen MR) is 409 cm³/mol. The number of aliphatic hydroxyl groups is 1. The SMILES string of the molecule is CCCCCCCCCCCCCCCCCCCC(=O)O[C@H](COC(=O)CCCCCCCCCCCCCCCC(C)C)COP(=O)(O)OC[C@@H](O)COP(=O)(O)OC[C@@H](COC(=O)CCCCCCCCCCCCC(C)C)OC(=O)CCCCCCCCCCCCCCCC. The Kier molecular flexibility index (Phi) is 71.2. The Morgan fingerprint density at radius 1 is 0.270 bits per heavy atom. The second-order valence-electron chi connectivity index (χ2n) is 30.1. The number of aliphatic hydroxyl groups excluding tert-OH is 1. The molecule has 100 heavy (non-hydrogen) atoms. The summed E-state index contributed by atoms with van der Waals surface area (Å²) in [5, 5.41) is 10.6. The third-order valence-corrected chi connectivity index (χ3v) is 20.9. The van der Waals surface area contributed by atoms with Crippen LogP contribution < -0.4 is 0 Å². The molecule has 0 aliphatic carbocycles. The standard InChI is InChI=1S/C81H158O17P2/c1-7-9-11-13-15-17-19-21-23-24-25-29-34-42-48-54-60-66-81(86)97-76(69-91-78(83)63-57-51-45-39-32-30-26-27-31-37-43-49-55-61-73(3)4)71-95-99(87,88)93-67-75(82)68-94-100(89,90)96-72-77(70-92-79(84)64-58-52-46-40-36-35-38-44-50-56-62-74(5)6)98-80(85)65-59-53-47-41-33-28-22-20-18-16-14-12-10-8-2/h73-77,82H,7-72H2,1-6H3,(H,87,88)(H,89,90)/t75-,76-,77-/m1/s1. The van der Waals surface area contributed by atoms with Crippen molar-refractivity contribution in [3.63, 3.8) is 0 Å². The molecule has 0 bridgehead atoms. The van der Waals surface area contributed by atoms with Crippen molar-refractivity contribution in [2.45, 2.75) is 445 Å². The molecule has 3 N–H and O–H groups in total. The Morgan fingerprint density at radius 2 is 0.460 bits per heavy atom. The van der Waals surface area contributed by atoms with Crippen LogP contribution in [0.3, 0.4) is 0 Å². The number of carbonyl (C=O) groups excluding carboxylic acids is 4. The van der Waals surface area contributed by atoms with Crippen molar-refractivity contribution in [1.82, 2.24) is 0 Å². The van der Waals surface area contributed by atoms with Crippen molar-refractivity contribution in [1.29, 1.82) is 0 Å². The summed E-state index contributed by atoms with van der Waals surface area (Å²) in [4.78, 5) is 73.1. The van der Waals surface area contributed by atoms with E-state index in [1.54, 1.807) is 0 Å². The summed E-state index contributed by atoms with van der Waals surface area (Å²) < 4.78 is 68.8. The fourth-order valence-corrected chi connectivity index (χ4v) is 14.1. The highest BCUT2D eigenvalue weighted by Crippen LogP contribution is 2.45. The zero-order valence-corrected chi connectivity index (χ0v) is 67.3. The molecule has 0 heterocycles. The van der Waals surface area contributed by atoms with Crippen LogP contribution in [0.2, 0.25) is 0 Å². The average molecular weight is 1470 g/mol. The normalized spacial score (nSPS) is 13.9. The number of phosphoric ester groups is 2. The van der Waals surface area contributed by atoms with Crippen LogP contribution in [-0.4, -0.2) is 96.7 Å². The molecule has 0 fully saturated rings. The molecule has 2 unspecified atom stereocenters. The minimum absolute atomic E-state index is 0.108. The van der Waals surface area contributed by atoms with Gasteiger partial charge in [-0.2, -0.15) is 0 Å². The van der Waals surface area contributed by atoms with Gasteiger partial charge >= 0.3 is 39.5 Å². The van der Waals surface area contributed by atoms with Gasteiger partial charge < -0.3 is 33.8 Å². The van der Waals surface area contributed by atoms with Crippen LogP contribution in [-0.2, 0) is 65.4 Å². The molecule has 0 amide bonds. The first-order valence-electron chi connectivity index (χ1n) is 42.0. The maximum atomic E-state index is 13.1. The number of rotatable bonds is 80. The van der Waals surface area contributed by atoms with Crippen molar-refractivity contribution in [3.8, 4) is 0 Å². The Balaban J connectivity index is 5.27. The average Bonchev–Trinajstić information content (AvgIpc) is 0.937. The van der Waals surface area contributed by atoms with Crippen LogP contribution in [0.4, 0.5) is 0 Å². The van der Waals surface area contributed by atoms with E-state index in [0.29, 0.717) is 25.7 Å². The largest absolute Gasteiger partial charge is 0.472 e. The van der Waals surface area contributed by atoms with Crippen molar-refractivity contribution in [2.24, 2.45) is 11.8 Å². The van der Waals surface area contributed by atoms with E-state index in [4.69, 9.17) is 37.0 Å². The van der Waals surface area contributed by atoms with E-state index in [0.717, 1.165) is 102 Å². The quantitative estimate of drug-likeness (QED) is 0.0222. The lowest BCUT2D eigenvalue weighted by Gasteiger charge is -2.21. The Bertz CT molecular complexity index is 1920. The monoisotopic (exact) mass is 1470 g/mol. The fourth-order valence-electron chi connectivity index (χ4n) is 12.5. The number of carbonyl (C=O) groups is 4. The minimum Gasteiger partial charge on any atom is -0.462 e. The number of phosphoric acid groups is 2. The van der Waals surface area contributed by atoms with Gasteiger partial charge in [0, 0.05) is 25.7 Å². The predicted octanol–water partition coefficient (Wildman–Crippen LogP) is 24.3. The second-order valence-corrected chi connectivity index (χ2v) is 33.0. The molecule has 0 aromatic heterocycles. The fraction of sp³-hybridized carbons (Fsp3) is 0.951. The highest BCUT2D eigenvalue weighted by atomic mass is 31.2. The van der Waals surface area contributed by atoms with E-state index in [-0.39, 0.29) is 25.7 Å². The molecule has 19 heteroatoms. The van der Waals surface area contributed by atoms with Gasteiger partial charge in [0.15, 0.2) is 12.2 Å². The number of hydrogen-bond donors (Lipinski definition) is 3. The number of unbranched alkanes of at least 4 members (excludes halogenated alkanes) is 50. The molecule has 0 aliphatic heterocycles. The summed E-state index contributed by atoms with van der Waals surface area (Å²) in [6.45, 7) is 9.66. The first-order chi connectivity index (χ1) is 48.4. The minimum atomic E-state index is -4.96. The van der Waals surface area contributed by atoms with Gasteiger partial charge in [-0.25, -0.2) is 9.13 Å². The maximum Gasteiger partial charge on any atom is 0.472 e. The third kappa shape index (κ3) is 74.3. The molecule has 0 saturated carbocycles. The van der Waals surface area contributed by atoms with E-state index < -0.39 is 97.5 Å². The number of ether oxygens (including phenoxy) is 4. The first-order valence-corrected chi connectivity index (χ1v) is 45.0. The van der Waals surface area contributed by atoms with Crippen LogP contribution in [0, 0.1) is 11.8 Å². The smallest absolute Gasteiger partial charge is 0.462 e. The maximum absolute atomic E-state index is 13.1. The number of esters is 4. The summed E-state index contributed by atoms with van der Waals surface area (Å²) >= 11 is 0. The Hall–Kier alpha value is -1.94. The second kappa shape index (κ2) is 72.6. The lowest BCUT2D eigenvalue weighted by Crippen LogP contribution is -2.30. The molecular weight excluding hydrogens is 1310 g/mol.